The number of rotatable bonds is 6. The molecule has 0 radical (unpaired) electrons. The van der Waals surface area contributed by atoms with E-state index in [0.29, 0.717) is 0 Å². The van der Waals surface area contributed by atoms with Crippen LogP contribution in [0.4, 0.5) is 23.7 Å². The van der Waals surface area contributed by atoms with Crippen LogP contribution in [0.15, 0.2) is 47.6 Å². The van der Waals surface area contributed by atoms with Gasteiger partial charge in [0, 0.05) is 11.3 Å². The molecule has 8 nitrogen and oxygen atoms in total. The quantitative estimate of drug-likeness (QED) is 0.472. The van der Waals surface area contributed by atoms with Gasteiger partial charge in [0.05, 0.1) is 41.1 Å². The Labute approximate surface area is 216 Å². The van der Waals surface area contributed by atoms with E-state index in [0.717, 1.165) is 23.2 Å². The maximum absolute atomic E-state index is 13.2. The summed E-state index contributed by atoms with van der Waals surface area (Å²) >= 11 is 5.88. The van der Waals surface area contributed by atoms with Gasteiger partial charge in [-0.15, -0.1) is 0 Å². The number of alkyl halides is 3. The highest BCUT2D eigenvalue weighted by Gasteiger charge is 2.49. The summed E-state index contributed by atoms with van der Waals surface area (Å²) in [6.07, 6.45) is -5.00. The summed E-state index contributed by atoms with van der Waals surface area (Å²) in [6.45, 7) is 6.28. The van der Waals surface area contributed by atoms with Gasteiger partial charge in [0.25, 0.3) is 0 Å². The molecule has 198 valence electrons. The standard InChI is InChI=1S/C25H25ClF3N3O5/c1-5-36-22(34)24(4)13-32(31-20(24)15-9-10-18(19(26)12-15)25(27,28)29)23(35)30-17-8-6-7-16(11-17)21(33)37-14(2)3/h6-12,14H,5,13H2,1-4H3,(H,30,35). The van der Waals surface area contributed by atoms with Crippen LogP contribution >= 0.6 is 11.6 Å². The average molecular weight is 540 g/mol. The number of amides is 2. The van der Waals surface area contributed by atoms with Gasteiger partial charge < -0.3 is 14.8 Å². The van der Waals surface area contributed by atoms with E-state index in [4.69, 9.17) is 21.1 Å². The SMILES string of the molecule is CCOC(=O)C1(C)CN(C(=O)Nc2cccc(C(=O)OC(C)C)c2)N=C1c1ccc(C(F)(F)F)c(Cl)c1. The smallest absolute Gasteiger partial charge is 0.417 e. The number of anilines is 1. The monoisotopic (exact) mass is 539 g/mol. The molecule has 0 bridgehead atoms. The number of hydrogen-bond acceptors (Lipinski definition) is 6. The van der Waals surface area contributed by atoms with Crippen molar-refractivity contribution in [3.63, 3.8) is 0 Å². The molecule has 1 unspecified atom stereocenters. The number of nitrogens with one attached hydrogen (secondary N) is 1. The molecule has 3 rings (SSSR count). The molecule has 0 saturated heterocycles. The fourth-order valence-corrected chi connectivity index (χ4v) is 3.96. The van der Waals surface area contributed by atoms with Crippen LogP contribution in [-0.4, -0.2) is 47.9 Å². The summed E-state index contributed by atoms with van der Waals surface area (Å²) in [5.41, 5.74) is -1.90. The fourth-order valence-electron chi connectivity index (χ4n) is 3.67. The van der Waals surface area contributed by atoms with Crippen LogP contribution in [0.5, 0.6) is 0 Å². The van der Waals surface area contributed by atoms with Crippen LogP contribution in [0.25, 0.3) is 0 Å². The van der Waals surface area contributed by atoms with Gasteiger partial charge in [0.1, 0.15) is 5.41 Å². The maximum atomic E-state index is 13.2. The van der Waals surface area contributed by atoms with Gasteiger partial charge in [0.2, 0.25) is 0 Å². The minimum absolute atomic E-state index is 0.0194. The molecule has 1 heterocycles. The summed E-state index contributed by atoms with van der Waals surface area (Å²) in [7, 11) is 0. The molecule has 2 amide bonds. The Bertz CT molecular complexity index is 1250. The Morgan fingerprint density at radius 3 is 2.49 bits per heavy atom. The zero-order valence-corrected chi connectivity index (χ0v) is 21.2. The minimum atomic E-state index is -4.67. The second-order valence-electron chi connectivity index (χ2n) is 8.72. The molecule has 1 atom stereocenters. The first kappa shape index (κ1) is 28.0. The van der Waals surface area contributed by atoms with Crippen molar-refractivity contribution >= 4 is 41.0 Å². The van der Waals surface area contributed by atoms with Crippen molar-refractivity contribution in [2.75, 3.05) is 18.5 Å². The van der Waals surface area contributed by atoms with E-state index in [1.165, 1.54) is 19.1 Å². The van der Waals surface area contributed by atoms with Crippen molar-refractivity contribution in [3.8, 4) is 0 Å². The molecule has 2 aromatic rings. The van der Waals surface area contributed by atoms with Crippen LogP contribution in [0.2, 0.25) is 5.02 Å². The van der Waals surface area contributed by atoms with Gasteiger partial charge in [-0.05, 0) is 58.0 Å². The summed E-state index contributed by atoms with van der Waals surface area (Å²) in [4.78, 5) is 38.1. The van der Waals surface area contributed by atoms with Gasteiger partial charge >= 0.3 is 24.1 Å². The van der Waals surface area contributed by atoms with Crippen LogP contribution < -0.4 is 5.32 Å². The number of ether oxygens (including phenoxy) is 2. The molecular weight excluding hydrogens is 515 g/mol. The van der Waals surface area contributed by atoms with Crippen molar-refractivity contribution in [2.24, 2.45) is 10.5 Å². The summed E-state index contributed by atoms with van der Waals surface area (Å²) in [5, 5.41) is 7.24. The molecule has 37 heavy (non-hydrogen) atoms. The normalized spacial score (nSPS) is 17.4. The Kier molecular flexibility index (Phi) is 8.16. The molecule has 2 aromatic carbocycles. The number of hydrogen-bond donors (Lipinski definition) is 1. The minimum Gasteiger partial charge on any atom is -0.465 e. The Morgan fingerprint density at radius 2 is 1.89 bits per heavy atom. The van der Waals surface area contributed by atoms with Gasteiger partial charge in [0.15, 0.2) is 0 Å². The number of urea groups is 1. The third kappa shape index (κ3) is 6.22. The number of halogens is 4. The predicted octanol–water partition coefficient (Wildman–Crippen LogP) is 5.75. The number of esters is 2. The summed E-state index contributed by atoms with van der Waals surface area (Å²) < 4.78 is 49.8. The zero-order chi connectivity index (χ0) is 27.5. The first-order valence-electron chi connectivity index (χ1n) is 11.3. The van der Waals surface area contributed by atoms with Gasteiger partial charge in [-0.3, -0.25) is 4.79 Å². The van der Waals surface area contributed by atoms with Gasteiger partial charge in [-0.2, -0.15) is 18.3 Å². The second kappa shape index (κ2) is 10.8. The zero-order valence-electron chi connectivity index (χ0n) is 20.5. The number of carbonyl (C=O) groups excluding carboxylic acids is 3. The van der Waals surface area contributed by atoms with E-state index in [1.54, 1.807) is 32.9 Å². The molecule has 0 spiro atoms. The van der Waals surface area contributed by atoms with Crippen molar-refractivity contribution in [2.45, 2.75) is 40.0 Å². The largest absolute Gasteiger partial charge is 0.465 e. The van der Waals surface area contributed by atoms with Crippen molar-refractivity contribution in [1.29, 1.82) is 0 Å². The first-order valence-corrected chi connectivity index (χ1v) is 11.7. The van der Waals surface area contributed by atoms with E-state index in [2.05, 4.69) is 10.4 Å². The Hall–Kier alpha value is -3.60. The molecular formula is C25H25ClF3N3O5. The molecule has 0 fully saturated rings. The van der Waals surface area contributed by atoms with E-state index in [9.17, 15) is 27.6 Å². The van der Waals surface area contributed by atoms with Crippen molar-refractivity contribution < 1.29 is 37.0 Å². The van der Waals surface area contributed by atoms with Crippen LogP contribution in [-0.2, 0) is 20.4 Å². The van der Waals surface area contributed by atoms with Crippen LogP contribution in [0, 0.1) is 5.41 Å². The summed E-state index contributed by atoms with van der Waals surface area (Å²) in [6, 6.07) is 8.28. The lowest BCUT2D eigenvalue weighted by molar-refractivity contribution is -0.150. The lowest BCUT2D eigenvalue weighted by Gasteiger charge is -2.24. The molecule has 0 aliphatic carbocycles. The number of hydrazone groups is 1. The van der Waals surface area contributed by atoms with Gasteiger partial charge in [-0.25, -0.2) is 14.6 Å². The molecule has 1 aliphatic heterocycles. The van der Waals surface area contributed by atoms with Crippen LogP contribution in [0.1, 0.15) is 49.2 Å². The van der Waals surface area contributed by atoms with Gasteiger partial charge in [-0.1, -0.05) is 23.7 Å². The topological polar surface area (TPSA) is 97.3 Å². The maximum Gasteiger partial charge on any atom is 0.417 e. The van der Waals surface area contributed by atoms with Crippen LogP contribution in [0.3, 0.4) is 0 Å². The summed E-state index contributed by atoms with van der Waals surface area (Å²) in [5.74, 6) is -1.28. The lowest BCUT2D eigenvalue weighted by atomic mass is 9.82. The highest BCUT2D eigenvalue weighted by Crippen LogP contribution is 2.38. The molecule has 0 aromatic heterocycles. The highest BCUT2D eigenvalue weighted by molar-refractivity contribution is 6.32. The molecule has 12 heteroatoms. The third-order valence-electron chi connectivity index (χ3n) is 5.41. The molecule has 0 saturated carbocycles. The Balaban J connectivity index is 1.92. The second-order valence-corrected chi connectivity index (χ2v) is 9.12. The van der Waals surface area contributed by atoms with E-state index in [1.807, 2.05) is 0 Å². The molecule has 1 aliphatic rings. The van der Waals surface area contributed by atoms with E-state index >= 15 is 0 Å². The highest BCUT2D eigenvalue weighted by atomic mass is 35.5. The average Bonchev–Trinajstić information content (AvgIpc) is 3.17. The van der Waals surface area contributed by atoms with E-state index in [-0.39, 0.29) is 41.8 Å². The number of carbonyl (C=O) groups is 3. The first-order chi connectivity index (χ1) is 17.3. The van der Waals surface area contributed by atoms with Crippen molar-refractivity contribution in [3.05, 3.63) is 64.2 Å². The number of benzene rings is 2. The lowest BCUT2D eigenvalue weighted by Crippen LogP contribution is -2.42. The Morgan fingerprint density at radius 1 is 1.19 bits per heavy atom. The predicted molar refractivity (Wildman–Crippen MR) is 130 cm³/mol. The van der Waals surface area contributed by atoms with Crippen molar-refractivity contribution in [1.82, 2.24) is 5.01 Å². The third-order valence-corrected chi connectivity index (χ3v) is 5.72. The van der Waals surface area contributed by atoms with E-state index < -0.39 is 40.1 Å². The molecule has 1 N–H and O–H groups in total. The number of nitrogens with zero attached hydrogens (tertiary/aromatic N) is 2. The fraction of sp³-hybridized carbons (Fsp3) is 0.360.